The van der Waals surface area contributed by atoms with E-state index in [9.17, 15) is 10.2 Å². The van der Waals surface area contributed by atoms with Crippen LogP contribution in [0.2, 0.25) is 5.02 Å². The van der Waals surface area contributed by atoms with Crippen LogP contribution in [-0.4, -0.2) is 16.8 Å². The zero-order valence-corrected chi connectivity index (χ0v) is 9.72. The summed E-state index contributed by atoms with van der Waals surface area (Å²) in [5, 5.41) is 19.7. The maximum atomic E-state index is 9.63. The molecule has 0 saturated heterocycles. The van der Waals surface area contributed by atoms with Gasteiger partial charge in [0.05, 0.1) is 10.6 Å². The third-order valence-electron chi connectivity index (χ3n) is 1.86. The van der Waals surface area contributed by atoms with Crippen LogP contribution in [0.25, 0.3) is 0 Å². The number of phenolic OH excluding ortho intramolecular Hbond substituents is 1. The second-order valence-corrected chi connectivity index (χ2v) is 4.21. The van der Waals surface area contributed by atoms with Crippen molar-refractivity contribution in [2.75, 3.05) is 6.54 Å². The van der Waals surface area contributed by atoms with Crippen molar-refractivity contribution in [2.24, 2.45) is 5.73 Å². The number of hydrogen-bond donors (Lipinski definition) is 3. The maximum Gasteiger partial charge on any atom is 0.135 e. The minimum Gasteiger partial charge on any atom is -0.506 e. The monoisotopic (exact) mass is 279 g/mol. The average molecular weight is 281 g/mol. The highest BCUT2D eigenvalue weighted by Gasteiger charge is 2.14. The molecule has 1 unspecified atom stereocenters. The zero-order chi connectivity index (χ0) is 10.7. The van der Waals surface area contributed by atoms with Gasteiger partial charge in [0.25, 0.3) is 0 Å². The van der Waals surface area contributed by atoms with Crippen LogP contribution in [0.1, 0.15) is 18.1 Å². The molecule has 0 bridgehead atoms. The summed E-state index contributed by atoms with van der Waals surface area (Å²) in [5.74, 6) is 0.00958. The lowest BCUT2D eigenvalue weighted by atomic mass is 10.1. The predicted molar refractivity (Wildman–Crippen MR) is 59.4 cm³/mol. The van der Waals surface area contributed by atoms with E-state index in [1.807, 2.05) is 0 Å². The Balaban J connectivity index is 3.07. The van der Waals surface area contributed by atoms with Gasteiger partial charge in [-0.3, -0.25) is 0 Å². The molecule has 78 valence electrons. The van der Waals surface area contributed by atoms with Crippen LogP contribution in [0.4, 0.5) is 0 Å². The fraction of sp³-hybridized carbons (Fsp3) is 0.333. The normalized spacial score (nSPS) is 12.9. The highest BCUT2D eigenvalue weighted by atomic mass is 79.9. The minimum absolute atomic E-state index is 0.00958. The fourth-order valence-corrected chi connectivity index (χ4v) is 1.99. The Kier molecular flexibility index (Phi) is 4.19. The number of hydrogen-bond acceptors (Lipinski definition) is 3. The van der Waals surface area contributed by atoms with E-state index in [4.69, 9.17) is 17.3 Å². The Labute approximate surface area is 95.6 Å². The molecule has 0 radical (unpaired) electrons. The molecule has 0 spiro atoms. The molecule has 0 saturated carbocycles. The second-order valence-electron chi connectivity index (χ2n) is 2.92. The first kappa shape index (κ1) is 11.8. The molecule has 4 N–H and O–H groups in total. The first-order valence-electron chi connectivity index (χ1n) is 4.12. The van der Waals surface area contributed by atoms with Crippen molar-refractivity contribution in [3.05, 3.63) is 27.2 Å². The molecule has 1 aromatic rings. The number of aliphatic hydroxyl groups is 1. The number of aliphatic hydroxyl groups excluding tert-OH is 1. The Morgan fingerprint density at radius 2 is 2.14 bits per heavy atom. The molecule has 5 heteroatoms. The lowest BCUT2D eigenvalue weighted by Gasteiger charge is -2.12. The van der Waals surface area contributed by atoms with E-state index in [2.05, 4.69) is 15.9 Å². The molecule has 0 amide bonds. The van der Waals surface area contributed by atoms with Crippen LogP contribution < -0.4 is 5.73 Å². The molecule has 1 rings (SSSR count). The third kappa shape index (κ3) is 2.60. The fourth-order valence-electron chi connectivity index (χ4n) is 1.15. The van der Waals surface area contributed by atoms with E-state index in [1.54, 1.807) is 6.07 Å². The highest BCUT2D eigenvalue weighted by Crippen LogP contribution is 2.35. The molecule has 3 nitrogen and oxygen atoms in total. The number of nitrogens with two attached hydrogens (primary N) is 1. The SMILES string of the molecule is NCCC(O)c1cc(Cl)cc(Br)c1O. The van der Waals surface area contributed by atoms with Gasteiger partial charge >= 0.3 is 0 Å². The Hall–Kier alpha value is -0.290. The number of benzene rings is 1. The number of aromatic hydroxyl groups is 1. The van der Waals surface area contributed by atoms with Crippen molar-refractivity contribution >= 4 is 27.5 Å². The highest BCUT2D eigenvalue weighted by molar-refractivity contribution is 9.10. The minimum atomic E-state index is -0.782. The quantitative estimate of drug-likeness (QED) is 0.795. The Bertz CT molecular complexity index is 333. The standard InChI is InChI=1S/C9H11BrClNO2/c10-7-4-5(11)3-6(9(7)14)8(13)1-2-12/h3-4,8,13-14H,1-2,12H2. The molecule has 0 fully saturated rings. The van der Waals surface area contributed by atoms with Gasteiger partial charge in [-0.1, -0.05) is 11.6 Å². The predicted octanol–water partition coefficient (Wildman–Crippen LogP) is 2.19. The lowest BCUT2D eigenvalue weighted by molar-refractivity contribution is 0.166. The number of rotatable bonds is 3. The van der Waals surface area contributed by atoms with Gasteiger partial charge in [-0.05, 0) is 41.0 Å². The van der Waals surface area contributed by atoms with Crippen molar-refractivity contribution in [1.82, 2.24) is 0 Å². The molecule has 0 aliphatic heterocycles. The molecule has 1 aromatic carbocycles. The van der Waals surface area contributed by atoms with Crippen LogP contribution in [0, 0.1) is 0 Å². The lowest BCUT2D eigenvalue weighted by Crippen LogP contribution is -2.07. The van der Waals surface area contributed by atoms with Crippen molar-refractivity contribution in [3.63, 3.8) is 0 Å². The van der Waals surface area contributed by atoms with E-state index < -0.39 is 6.10 Å². The van der Waals surface area contributed by atoms with Gasteiger partial charge in [-0.25, -0.2) is 0 Å². The first-order valence-corrected chi connectivity index (χ1v) is 5.29. The van der Waals surface area contributed by atoms with Gasteiger partial charge in [0.2, 0.25) is 0 Å². The molecule has 0 aliphatic carbocycles. The van der Waals surface area contributed by atoms with E-state index in [0.29, 0.717) is 28.0 Å². The molecular formula is C9H11BrClNO2. The van der Waals surface area contributed by atoms with E-state index in [-0.39, 0.29) is 5.75 Å². The van der Waals surface area contributed by atoms with E-state index in [0.717, 1.165) is 0 Å². The molecule has 14 heavy (non-hydrogen) atoms. The Morgan fingerprint density at radius 3 is 2.71 bits per heavy atom. The second kappa shape index (κ2) is 4.98. The van der Waals surface area contributed by atoms with Crippen molar-refractivity contribution in [3.8, 4) is 5.75 Å². The van der Waals surface area contributed by atoms with Crippen LogP contribution >= 0.6 is 27.5 Å². The first-order chi connectivity index (χ1) is 6.56. The van der Waals surface area contributed by atoms with Crippen molar-refractivity contribution in [1.29, 1.82) is 0 Å². The summed E-state index contributed by atoms with van der Waals surface area (Å²) in [6.45, 7) is 0.352. The summed E-state index contributed by atoms with van der Waals surface area (Å²) >= 11 is 8.92. The van der Waals surface area contributed by atoms with Gasteiger partial charge in [0, 0.05) is 10.6 Å². The molecular weight excluding hydrogens is 269 g/mol. The number of halogens is 2. The summed E-state index contributed by atoms with van der Waals surface area (Å²) in [6, 6.07) is 3.09. The Morgan fingerprint density at radius 1 is 1.50 bits per heavy atom. The van der Waals surface area contributed by atoms with Gasteiger partial charge in [0.15, 0.2) is 0 Å². The zero-order valence-electron chi connectivity index (χ0n) is 7.37. The summed E-state index contributed by atoms with van der Waals surface area (Å²) in [7, 11) is 0. The molecule has 0 heterocycles. The summed E-state index contributed by atoms with van der Waals surface area (Å²) in [6.07, 6.45) is -0.393. The van der Waals surface area contributed by atoms with Gasteiger partial charge in [-0.2, -0.15) is 0 Å². The summed E-state index contributed by atoms with van der Waals surface area (Å²) in [5.41, 5.74) is 5.70. The molecule has 0 aromatic heterocycles. The average Bonchev–Trinajstić information content (AvgIpc) is 2.11. The summed E-state index contributed by atoms with van der Waals surface area (Å²) < 4.78 is 0.469. The largest absolute Gasteiger partial charge is 0.506 e. The maximum absolute atomic E-state index is 9.63. The van der Waals surface area contributed by atoms with E-state index in [1.165, 1.54) is 6.07 Å². The molecule has 1 atom stereocenters. The number of phenols is 1. The van der Waals surface area contributed by atoms with Crippen LogP contribution in [0.3, 0.4) is 0 Å². The van der Waals surface area contributed by atoms with Gasteiger partial charge < -0.3 is 15.9 Å². The van der Waals surface area contributed by atoms with Crippen molar-refractivity contribution in [2.45, 2.75) is 12.5 Å². The van der Waals surface area contributed by atoms with Gasteiger partial charge in [0.1, 0.15) is 5.75 Å². The van der Waals surface area contributed by atoms with E-state index >= 15 is 0 Å². The van der Waals surface area contributed by atoms with Crippen LogP contribution in [0.5, 0.6) is 5.75 Å². The van der Waals surface area contributed by atoms with Crippen LogP contribution in [0.15, 0.2) is 16.6 Å². The smallest absolute Gasteiger partial charge is 0.135 e. The molecule has 0 aliphatic rings. The third-order valence-corrected chi connectivity index (χ3v) is 2.68. The van der Waals surface area contributed by atoms with Crippen LogP contribution in [-0.2, 0) is 0 Å². The topological polar surface area (TPSA) is 66.5 Å². The summed E-state index contributed by atoms with van der Waals surface area (Å²) in [4.78, 5) is 0. The van der Waals surface area contributed by atoms with Gasteiger partial charge in [-0.15, -0.1) is 0 Å². The van der Waals surface area contributed by atoms with Crippen molar-refractivity contribution < 1.29 is 10.2 Å².